The number of phenolic OH excluding ortho intramolecular Hbond substituents is 1. The molecule has 119 valence electrons. The molecule has 1 aromatic rings. The van der Waals surface area contributed by atoms with Gasteiger partial charge in [-0.15, -0.1) is 0 Å². The number of methoxy groups -OCH3 is 1. The van der Waals surface area contributed by atoms with Crippen LogP contribution in [0.3, 0.4) is 0 Å². The van der Waals surface area contributed by atoms with E-state index in [4.69, 9.17) is 4.74 Å². The molecule has 0 aliphatic heterocycles. The predicted octanol–water partition coefficient (Wildman–Crippen LogP) is 4.64. The van der Waals surface area contributed by atoms with Gasteiger partial charge in [0.2, 0.25) is 0 Å². The first-order valence-corrected chi connectivity index (χ1v) is 8.78. The zero-order valence-corrected chi connectivity index (χ0v) is 13.7. The second-order valence-corrected chi connectivity index (χ2v) is 7.90. The molecule has 1 aromatic carbocycles. The normalized spacial score (nSPS) is 39.9. The Bertz CT molecular complexity index is 567. The van der Waals surface area contributed by atoms with Crippen LogP contribution in [0, 0.1) is 23.7 Å². The molecule has 2 nitrogen and oxygen atoms in total. The van der Waals surface area contributed by atoms with Gasteiger partial charge in [0.1, 0.15) is 5.75 Å². The van der Waals surface area contributed by atoms with Gasteiger partial charge in [0.15, 0.2) is 0 Å². The maximum Gasteiger partial charge on any atom is 0.115 e. The summed E-state index contributed by atoms with van der Waals surface area (Å²) in [7, 11) is 1.79. The molecular weight excluding hydrogens is 272 g/mol. The van der Waals surface area contributed by atoms with E-state index in [1.54, 1.807) is 7.11 Å². The topological polar surface area (TPSA) is 29.5 Å². The first-order chi connectivity index (χ1) is 10.6. The highest BCUT2D eigenvalue weighted by molar-refractivity contribution is 5.42. The summed E-state index contributed by atoms with van der Waals surface area (Å²) < 4.78 is 5.50. The summed E-state index contributed by atoms with van der Waals surface area (Å²) in [6.07, 6.45) is 9.11. The minimum Gasteiger partial charge on any atom is -0.508 e. The quantitative estimate of drug-likeness (QED) is 0.862. The highest BCUT2D eigenvalue weighted by Crippen LogP contribution is 2.62. The lowest BCUT2D eigenvalue weighted by molar-refractivity contribution is 0.0596. The molecule has 0 bridgehead atoms. The van der Waals surface area contributed by atoms with Gasteiger partial charge in [0, 0.05) is 13.0 Å². The molecule has 4 rings (SSSR count). The fraction of sp³-hybridized carbons (Fsp3) is 0.650. The van der Waals surface area contributed by atoms with Crippen molar-refractivity contribution in [3.8, 4) is 5.75 Å². The van der Waals surface area contributed by atoms with Crippen molar-refractivity contribution in [2.24, 2.45) is 17.3 Å². The molecule has 3 aliphatic rings. The highest BCUT2D eigenvalue weighted by Gasteiger charge is 2.51. The van der Waals surface area contributed by atoms with E-state index in [1.165, 1.54) is 43.2 Å². The van der Waals surface area contributed by atoms with Gasteiger partial charge in [-0.2, -0.15) is 0 Å². The van der Waals surface area contributed by atoms with E-state index in [0.29, 0.717) is 23.0 Å². The van der Waals surface area contributed by atoms with Crippen molar-refractivity contribution in [3.05, 3.63) is 35.7 Å². The molecule has 0 saturated heterocycles. The molecule has 1 radical (unpaired) electrons. The van der Waals surface area contributed by atoms with Crippen LogP contribution in [0.25, 0.3) is 0 Å². The maximum atomic E-state index is 9.92. The molecule has 2 fully saturated rings. The van der Waals surface area contributed by atoms with Crippen LogP contribution in [0.2, 0.25) is 0 Å². The molecule has 2 saturated carbocycles. The molecule has 22 heavy (non-hydrogen) atoms. The van der Waals surface area contributed by atoms with E-state index < -0.39 is 0 Å². The Morgan fingerprint density at radius 2 is 2.14 bits per heavy atom. The number of fused-ring (bicyclic) bond motifs is 5. The van der Waals surface area contributed by atoms with E-state index >= 15 is 0 Å². The number of phenols is 1. The second kappa shape index (κ2) is 5.26. The van der Waals surface area contributed by atoms with Gasteiger partial charge < -0.3 is 9.84 Å². The molecule has 3 aliphatic carbocycles. The minimum atomic E-state index is 0.396. The molecule has 2 heteroatoms. The van der Waals surface area contributed by atoms with Crippen molar-refractivity contribution in [3.63, 3.8) is 0 Å². The lowest BCUT2D eigenvalue weighted by Crippen LogP contribution is -2.41. The lowest BCUT2D eigenvalue weighted by atomic mass is 9.54. The zero-order chi connectivity index (χ0) is 15.3. The first kappa shape index (κ1) is 14.6. The number of hydrogen-bond donors (Lipinski definition) is 1. The lowest BCUT2D eigenvalue weighted by Gasteiger charge is -2.50. The van der Waals surface area contributed by atoms with Crippen LogP contribution in [-0.2, 0) is 4.74 Å². The fourth-order valence-corrected chi connectivity index (χ4v) is 5.81. The van der Waals surface area contributed by atoms with Crippen LogP contribution in [0.5, 0.6) is 5.75 Å². The van der Waals surface area contributed by atoms with Gasteiger partial charge in [-0.3, -0.25) is 0 Å². The molecule has 0 aromatic heterocycles. The Kier molecular flexibility index (Phi) is 3.48. The van der Waals surface area contributed by atoms with Crippen molar-refractivity contribution >= 4 is 0 Å². The van der Waals surface area contributed by atoms with Gasteiger partial charge in [-0.25, -0.2) is 0 Å². The molecule has 0 unspecified atom stereocenters. The first-order valence-electron chi connectivity index (χ1n) is 8.78. The van der Waals surface area contributed by atoms with Gasteiger partial charge in [-0.1, -0.05) is 13.0 Å². The SMILES string of the molecule is COC[C@@H]1C[C@H]2[C@H](CC[C@]3(C)[CH]CC[C@@H]23)c2ccc(O)cc21. The van der Waals surface area contributed by atoms with Crippen LogP contribution in [0.1, 0.15) is 62.0 Å². The number of ether oxygens (including phenoxy) is 1. The summed E-state index contributed by atoms with van der Waals surface area (Å²) in [5.74, 6) is 3.15. The molecule has 0 amide bonds. The van der Waals surface area contributed by atoms with Crippen molar-refractivity contribution in [2.75, 3.05) is 13.7 Å². The molecule has 0 spiro atoms. The Hall–Kier alpha value is -1.02. The van der Waals surface area contributed by atoms with Gasteiger partial charge in [-0.05, 0) is 85.0 Å². The number of hydrogen-bond acceptors (Lipinski definition) is 2. The molecule has 1 N–H and O–H groups in total. The molecule has 0 heterocycles. The molecule has 5 atom stereocenters. The third-order valence-corrected chi connectivity index (χ3v) is 6.80. The van der Waals surface area contributed by atoms with E-state index in [0.717, 1.165) is 18.4 Å². The number of benzene rings is 1. The Balaban J connectivity index is 1.75. The summed E-state index contributed by atoms with van der Waals surface area (Å²) in [5.41, 5.74) is 3.30. The third kappa shape index (κ3) is 2.11. The second-order valence-electron chi connectivity index (χ2n) is 7.90. The van der Waals surface area contributed by atoms with Crippen molar-refractivity contribution in [2.45, 2.75) is 50.9 Å². The Morgan fingerprint density at radius 1 is 1.27 bits per heavy atom. The van der Waals surface area contributed by atoms with Crippen LogP contribution < -0.4 is 0 Å². The number of rotatable bonds is 2. The number of aromatic hydroxyl groups is 1. The van der Waals surface area contributed by atoms with Gasteiger partial charge >= 0.3 is 0 Å². The summed E-state index contributed by atoms with van der Waals surface area (Å²) >= 11 is 0. The average molecular weight is 299 g/mol. The van der Waals surface area contributed by atoms with E-state index in [9.17, 15) is 5.11 Å². The fourth-order valence-electron chi connectivity index (χ4n) is 5.81. The minimum absolute atomic E-state index is 0.396. The Labute approximate surface area is 133 Å². The van der Waals surface area contributed by atoms with Crippen molar-refractivity contribution in [1.82, 2.24) is 0 Å². The zero-order valence-electron chi connectivity index (χ0n) is 13.7. The maximum absolute atomic E-state index is 9.92. The predicted molar refractivity (Wildman–Crippen MR) is 87.9 cm³/mol. The summed E-state index contributed by atoms with van der Waals surface area (Å²) in [4.78, 5) is 0. The monoisotopic (exact) mass is 299 g/mol. The highest BCUT2D eigenvalue weighted by atomic mass is 16.5. The summed E-state index contributed by atoms with van der Waals surface area (Å²) in [6.45, 7) is 3.26. The van der Waals surface area contributed by atoms with Crippen LogP contribution in [0.4, 0.5) is 0 Å². The van der Waals surface area contributed by atoms with E-state index in [1.807, 2.05) is 12.1 Å². The van der Waals surface area contributed by atoms with Crippen LogP contribution in [0.15, 0.2) is 18.2 Å². The smallest absolute Gasteiger partial charge is 0.115 e. The third-order valence-electron chi connectivity index (χ3n) is 6.80. The average Bonchev–Trinajstić information content (AvgIpc) is 2.90. The van der Waals surface area contributed by atoms with Crippen LogP contribution in [-0.4, -0.2) is 18.8 Å². The van der Waals surface area contributed by atoms with Crippen LogP contribution >= 0.6 is 0 Å². The Morgan fingerprint density at radius 3 is 2.95 bits per heavy atom. The van der Waals surface area contributed by atoms with Crippen molar-refractivity contribution < 1.29 is 9.84 Å². The standard InChI is InChI=1S/C20H27O2/c1-20-8-3-4-19(20)18-10-13(12-22-2)17-11-14(21)5-6-15(17)16(18)7-9-20/h5-6,8,11,13,16,18-19,21H,3-4,7,9-10,12H2,1-2H3/t13-,16+,18-,19-,20-/m0/s1. The summed E-state index contributed by atoms with van der Waals surface area (Å²) in [5, 5.41) is 9.92. The molecular formula is C20H27O2. The summed E-state index contributed by atoms with van der Waals surface area (Å²) in [6, 6.07) is 6.05. The van der Waals surface area contributed by atoms with E-state index in [-0.39, 0.29) is 0 Å². The largest absolute Gasteiger partial charge is 0.508 e. The van der Waals surface area contributed by atoms with Gasteiger partial charge in [0.05, 0.1) is 6.61 Å². The van der Waals surface area contributed by atoms with Gasteiger partial charge in [0.25, 0.3) is 0 Å². The van der Waals surface area contributed by atoms with E-state index in [2.05, 4.69) is 19.4 Å². The van der Waals surface area contributed by atoms with Crippen molar-refractivity contribution in [1.29, 1.82) is 0 Å².